The fourth-order valence-electron chi connectivity index (χ4n) is 1.72. The van der Waals surface area contributed by atoms with E-state index in [9.17, 15) is 9.59 Å². The number of carbonyl (C=O) groups is 2. The molecule has 0 saturated carbocycles. The third-order valence-electron chi connectivity index (χ3n) is 2.83. The Hall–Kier alpha value is -2.11. The van der Waals surface area contributed by atoms with Crippen molar-refractivity contribution >= 4 is 12.0 Å². The number of likely N-dealkylation sites (N-methyl/N-ethyl adjacent to an activating group) is 1. The van der Waals surface area contributed by atoms with Crippen molar-refractivity contribution < 1.29 is 14.3 Å². The van der Waals surface area contributed by atoms with Crippen LogP contribution in [0.4, 0.5) is 4.79 Å². The molecule has 2 rings (SSSR count). The molecule has 6 heteroatoms. The summed E-state index contributed by atoms with van der Waals surface area (Å²) < 4.78 is 4.78. The fraction of sp³-hybridized carbons (Fsp3) is 0.417. The van der Waals surface area contributed by atoms with Crippen molar-refractivity contribution in [3.63, 3.8) is 0 Å². The molecule has 96 valence electrons. The number of ether oxygens (including phenoxy) is 1. The number of pyridine rings is 1. The molecule has 18 heavy (non-hydrogen) atoms. The number of nitrogens with zero attached hydrogens (tertiary/aromatic N) is 2. The molecule has 0 aliphatic carbocycles. The molecule has 6 nitrogen and oxygen atoms in total. The highest BCUT2D eigenvalue weighted by atomic mass is 16.6. The zero-order valence-electron chi connectivity index (χ0n) is 10.1. The second kappa shape index (κ2) is 5.48. The summed E-state index contributed by atoms with van der Waals surface area (Å²) in [7, 11) is 1.55. The Morgan fingerprint density at radius 3 is 3.06 bits per heavy atom. The van der Waals surface area contributed by atoms with Gasteiger partial charge in [0.15, 0.2) is 0 Å². The summed E-state index contributed by atoms with van der Waals surface area (Å²) >= 11 is 0. The van der Waals surface area contributed by atoms with Crippen molar-refractivity contribution in [1.82, 2.24) is 15.2 Å². The van der Waals surface area contributed by atoms with Crippen LogP contribution in [-0.4, -0.2) is 48.1 Å². The lowest BCUT2D eigenvalue weighted by Crippen LogP contribution is -2.44. The minimum atomic E-state index is -0.527. The van der Waals surface area contributed by atoms with Crippen LogP contribution in [0.15, 0.2) is 24.4 Å². The molecule has 1 atom stereocenters. The molecule has 0 radical (unpaired) electrons. The number of amides is 2. The van der Waals surface area contributed by atoms with Crippen molar-refractivity contribution in [3.8, 4) is 0 Å². The summed E-state index contributed by atoms with van der Waals surface area (Å²) in [5.41, 5.74) is 0.921. The van der Waals surface area contributed by atoms with Crippen LogP contribution >= 0.6 is 0 Å². The lowest BCUT2D eigenvalue weighted by molar-refractivity contribution is -0.124. The monoisotopic (exact) mass is 249 g/mol. The van der Waals surface area contributed by atoms with Crippen LogP contribution in [0.1, 0.15) is 5.69 Å². The molecule has 1 aromatic heterocycles. The van der Waals surface area contributed by atoms with Gasteiger partial charge < -0.3 is 10.1 Å². The van der Waals surface area contributed by atoms with E-state index in [1.165, 1.54) is 4.90 Å². The Balaban J connectivity index is 1.77. The SMILES string of the molecule is CN1C(=O)OC[C@H]1C(=O)NCCc1ccccn1. The highest BCUT2D eigenvalue weighted by Gasteiger charge is 2.34. The van der Waals surface area contributed by atoms with Crippen LogP contribution in [-0.2, 0) is 16.0 Å². The van der Waals surface area contributed by atoms with Gasteiger partial charge in [-0.3, -0.25) is 14.7 Å². The van der Waals surface area contributed by atoms with E-state index in [0.717, 1.165) is 5.69 Å². The maximum Gasteiger partial charge on any atom is 0.410 e. The minimum absolute atomic E-state index is 0.116. The molecule has 0 bridgehead atoms. The first kappa shape index (κ1) is 12.3. The topological polar surface area (TPSA) is 71.5 Å². The third kappa shape index (κ3) is 2.77. The average molecular weight is 249 g/mol. The Bertz CT molecular complexity index is 435. The van der Waals surface area contributed by atoms with Gasteiger partial charge >= 0.3 is 6.09 Å². The first-order valence-corrected chi connectivity index (χ1v) is 5.75. The van der Waals surface area contributed by atoms with Gasteiger partial charge in [0, 0.05) is 31.9 Å². The van der Waals surface area contributed by atoms with Gasteiger partial charge in [-0.05, 0) is 12.1 Å². The van der Waals surface area contributed by atoms with Crippen molar-refractivity contribution in [2.45, 2.75) is 12.5 Å². The van der Waals surface area contributed by atoms with Crippen LogP contribution in [0, 0.1) is 0 Å². The molecular formula is C12H15N3O3. The van der Waals surface area contributed by atoms with E-state index in [1.807, 2.05) is 18.2 Å². The smallest absolute Gasteiger partial charge is 0.410 e. The van der Waals surface area contributed by atoms with Gasteiger partial charge in [0.25, 0.3) is 0 Å². The Morgan fingerprint density at radius 1 is 1.61 bits per heavy atom. The highest BCUT2D eigenvalue weighted by molar-refractivity contribution is 5.87. The molecular weight excluding hydrogens is 234 g/mol. The molecule has 1 aliphatic rings. The second-order valence-corrected chi connectivity index (χ2v) is 4.07. The van der Waals surface area contributed by atoms with Crippen LogP contribution in [0.25, 0.3) is 0 Å². The normalized spacial score (nSPS) is 18.6. The van der Waals surface area contributed by atoms with E-state index in [4.69, 9.17) is 4.74 Å². The molecule has 1 N–H and O–H groups in total. The number of cyclic esters (lactones) is 1. The van der Waals surface area contributed by atoms with E-state index in [-0.39, 0.29) is 12.5 Å². The first-order chi connectivity index (χ1) is 8.68. The molecule has 1 saturated heterocycles. The number of hydrogen-bond donors (Lipinski definition) is 1. The molecule has 1 fully saturated rings. The average Bonchev–Trinajstić information content (AvgIpc) is 2.71. The Morgan fingerprint density at radius 2 is 2.44 bits per heavy atom. The van der Waals surface area contributed by atoms with E-state index in [1.54, 1.807) is 13.2 Å². The number of hydrogen-bond acceptors (Lipinski definition) is 4. The second-order valence-electron chi connectivity index (χ2n) is 4.07. The molecule has 1 aliphatic heterocycles. The number of rotatable bonds is 4. The molecule has 1 aromatic rings. The predicted octanol–water partition coefficient (Wildman–Crippen LogP) is 0.191. The summed E-state index contributed by atoms with van der Waals surface area (Å²) in [5, 5.41) is 2.77. The van der Waals surface area contributed by atoms with Crippen molar-refractivity contribution in [3.05, 3.63) is 30.1 Å². The van der Waals surface area contributed by atoms with Gasteiger partial charge in [0.1, 0.15) is 12.6 Å². The maximum atomic E-state index is 11.8. The number of aromatic nitrogens is 1. The zero-order valence-corrected chi connectivity index (χ0v) is 10.1. The predicted molar refractivity (Wildman–Crippen MR) is 63.8 cm³/mol. The van der Waals surface area contributed by atoms with Gasteiger partial charge in [0.05, 0.1) is 0 Å². The van der Waals surface area contributed by atoms with Crippen molar-refractivity contribution in [2.24, 2.45) is 0 Å². The summed E-state index contributed by atoms with van der Waals surface area (Å²) in [6.45, 7) is 0.610. The van der Waals surface area contributed by atoms with E-state index in [2.05, 4.69) is 10.3 Å². The third-order valence-corrected chi connectivity index (χ3v) is 2.83. The van der Waals surface area contributed by atoms with Crippen LogP contribution in [0.2, 0.25) is 0 Å². The van der Waals surface area contributed by atoms with Crippen LogP contribution in [0.5, 0.6) is 0 Å². The first-order valence-electron chi connectivity index (χ1n) is 5.75. The molecule has 0 aromatic carbocycles. The zero-order chi connectivity index (χ0) is 13.0. The summed E-state index contributed by atoms with van der Waals surface area (Å²) in [5.74, 6) is -0.195. The quantitative estimate of drug-likeness (QED) is 0.827. The highest BCUT2D eigenvalue weighted by Crippen LogP contribution is 2.09. The molecule has 0 spiro atoms. The summed E-state index contributed by atoms with van der Waals surface area (Å²) in [4.78, 5) is 28.3. The largest absolute Gasteiger partial charge is 0.447 e. The lowest BCUT2D eigenvalue weighted by Gasteiger charge is -2.15. The summed E-state index contributed by atoms with van der Waals surface area (Å²) in [6.07, 6.45) is 1.92. The molecule has 2 amide bonds. The summed E-state index contributed by atoms with van der Waals surface area (Å²) in [6, 6.07) is 5.13. The maximum absolute atomic E-state index is 11.8. The van der Waals surface area contributed by atoms with Gasteiger partial charge in [0.2, 0.25) is 5.91 Å². The van der Waals surface area contributed by atoms with E-state index < -0.39 is 12.1 Å². The lowest BCUT2D eigenvalue weighted by atomic mass is 10.2. The van der Waals surface area contributed by atoms with Gasteiger partial charge in [-0.25, -0.2) is 4.79 Å². The fourth-order valence-corrected chi connectivity index (χ4v) is 1.72. The Kier molecular flexibility index (Phi) is 3.76. The van der Waals surface area contributed by atoms with Crippen molar-refractivity contribution in [2.75, 3.05) is 20.2 Å². The van der Waals surface area contributed by atoms with E-state index in [0.29, 0.717) is 13.0 Å². The van der Waals surface area contributed by atoms with Gasteiger partial charge in [-0.1, -0.05) is 6.07 Å². The number of nitrogens with one attached hydrogen (secondary N) is 1. The standard InChI is InChI=1S/C12H15N3O3/c1-15-10(8-18-12(15)17)11(16)14-7-5-9-4-2-3-6-13-9/h2-4,6,10H,5,7-8H2,1H3,(H,14,16)/t10-/m0/s1. The van der Waals surface area contributed by atoms with Gasteiger partial charge in [-0.15, -0.1) is 0 Å². The molecule has 0 unspecified atom stereocenters. The minimum Gasteiger partial charge on any atom is -0.447 e. The van der Waals surface area contributed by atoms with Crippen molar-refractivity contribution in [1.29, 1.82) is 0 Å². The number of carbonyl (C=O) groups excluding carboxylic acids is 2. The Labute approximate surface area is 105 Å². The van der Waals surface area contributed by atoms with E-state index >= 15 is 0 Å². The van der Waals surface area contributed by atoms with Crippen LogP contribution < -0.4 is 5.32 Å². The molecule has 2 heterocycles. The van der Waals surface area contributed by atoms with Crippen LogP contribution in [0.3, 0.4) is 0 Å². The van der Waals surface area contributed by atoms with Gasteiger partial charge in [-0.2, -0.15) is 0 Å².